The summed E-state index contributed by atoms with van der Waals surface area (Å²) in [4.78, 5) is 4.39. The predicted molar refractivity (Wildman–Crippen MR) is 67.2 cm³/mol. The SMILES string of the molecule is CS(=O)(=O)c1ccc(-c2ccccn2)c(N)c1. The first kappa shape index (κ1) is 11.6. The Morgan fingerprint density at radius 3 is 2.47 bits per heavy atom. The van der Waals surface area contributed by atoms with E-state index in [0.29, 0.717) is 5.69 Å². The minimum atomic E-state index is -3.22. The van der Waals surface area contributed by atoms with Gasteiger partial charge < -0.3 is 5.73 Å². The second-order valence-corrected chi connectivity index (χ2v) is 5.75. The topological polar surface area (TPSA) is 73.0 Å². The fourth-order valence-corrected chi connectivity index (χ4v) is 2.18. The van der Waals surface area contributed by atoms with E-state index in [9.17, 15) is 8.42 Å². The number of benzene rings is 1. The molecule has 0 amide bonds. The molecule has 0 saturated carbocycles. The van der Waals surface area contributed by atoms with Crippen LogP contribution in [0.1, 0.15) is 0 Å². The zero-order valence-electron chi connectivity index (χ0n) is 9.29. The van der Waals surface area contributed by atoms with E-state index in [2.05, 4.69) is 4.98 Å². The lowest BCUT2D eigenvalue weighted by Crippen LogP contribution is -2.00. The van der Waals surface area contributed by atoms with Gasteiger partial charge in [0.1, 0.15) is 0 Å². The van der Waals surface area contributed by atoms with Crippen LogP contribution in [0.25, 0.3) is 11.3 Å². The van der Waals surface area contributed by atoms with E-state index in [1.165, 1.54) is 12.1 Å². The maximum Gasteiger partial charge on any atom is 0.175 e. The van der Waals surface area contributed by atoms with E-state index < -0.39 is 9.84 Å². The normalized spacial score (nSPS) is 11.4. The van der Waals surface area contributed by atoms with Gasteiger partial charge in [0.15, 0.2) is 9.84 Å². The summed E-state index contributed by atoms with van der Waals surface area (Å²) in [6.45, 7) is 0. The fourth-order valence-electron chi connectivity index (χ4n) is 1.53. The van der Waals surface area contributed by atoms with Crippen molar-refractivity contribution in [2.45, 2.75) is 4.90 Å². The lowest BCUT2D eigenvalue weighted by atomic mass is 10.1. The molecule has 0 atom stereocenters. The first-order valence-corrected chi connectivity index (χ1v) is 6.88. The summed E-state index contributed by atoms with van der Waals surface area (Å²) in [6.07, 6.45) is 2.82. The highest BCUT2D eigenvalue weighted by molar-refractivity contribution is 7.90. The second-order valence-electron chi connectivity index (χ2n) is 3.74. The Morgan fingerprint density at radius 1 is 1.18 bits per heavy atom. The molecule has 0 bridgehead atoms. The summed E-state index contributed by atoms with van der Waals surface area (Å²) < 4.78 is 22.7. The van der Waals surface area contributed by atoms with E-state index in [4.69, 9.17) is 5.73 Å². The molecule has 0 unspecified atom stereocenters. The van der Waals surface area contributed by atoms with Crippen LogP contribution in [0.3, 0.4) is 0 Å². The highest BCUT2D eigenvalue weighted by Crippen LogP contribution is 2.26. The molecule has 1 heterocycles. The van der Waals surface area contributed by atoms with Crippen molar-refractivity contribution in [3.63, 3.8) is 0 Å². The molecule has 88 valence electrons. The number of hydrogen-bond acceptors (Lipinski definition) is 4. The first-order chi connectivity index (χ1) is 7.98. The van der Waals surface area contributed by atoms with E-state index in [-0.39, 0.29) is 4.90 Å². The molecule has 0 radical (unpaired) electrons. The van der Waals surface area contributed by atoms with E-state index >= 15 is 0 Å². The van der Waals surface area contributed by atoms with Gasteiger partial charge in [-0.15, -0.1) is 0 Å². The molecule has 0 spiro atoms. The van der Waals surface area contributed by atoms with E-state index in [0.717, 1.165) is 17.5 Å². The molecule has 1 aromatic heterocycles. The van der Waals surface area contributed by atoms with E-state index in [1.807, 2.05) is 18.2 Å². The Labute approximate surface area is 100 Å². The van der Waals surface area contributed by atoms with Crippen molar-refractivity contribution in [2.24, 2.45) is 0 Å². The summed E-state index contributed by atoms with van der Waals surface area (Å²) >= 11 is 0. The lowest BCUT2D eigenvalue weighted by Gasteiger charge is -2.06. The molecule has 2 N–H and O–H groups in total. The van der Waals surface area contributed by atoms with Crippen molar-refractivity contribution < 1.29 is 8.42 Å². The summed E-state index contributed by atoms with van der Waals surface area (Å²) in [5.41, 5.74) is 7.72. The number of sulfone groups is 1. The van der Waals surface area contributed by atoms with Gasteiger partial charge in [-0.1, -0.05) is 6.07 Å². The Bertz CT molecular complexity index is 637. The number of nitrogens with two attached hydrogens (primary N) is 1. The molecule has 2 rings (SSSR count). The smallest absolute Gasteiger partial charge is 0.175 e. The third-order valence-corrected chi connectivity index (χ3v) is 3.50. The Kier molecular flexibility index (Phi) is 2.85. The van der Waals surface area contributed by atoms with Crippen LogP contribution in [0, 0.1) is 0 Å². The van der Waals surface area contributed by atoms with Gasteiger partial charge in [-0.2, -0.15) is 0 Å². The van der Waals surface area contributed by atoms with Gasteiger partial charge in [0, 0.05) is 23.7 Å². The highest BCUT2D eigenvalue weighted by atomic mass is 32.2. The maximum atomic E-state index is 11.4. The van der Waals surface area contributed by atoms with Crippen molar-refractivity contribution >= 4 is 15.5 Å². The molecular formula is C12H12N2O2S. The van der Waals surface area contributed by atoms with Crippen LogP contribution in [0.4, 0.5) is 5.69 Å². The quantitative estimate of drug-likeness (QED) is 0.821. The number of pyridine rings is 1. The maximum absolute atomic E-state index is 11.4. The molecule has 0 fully saturated rings. The molecule has 0 aliphatic carbocycles. The molecule has 2 aromatic rings. The number of nitrogen functional groups attached to an aromatic ring is 1. The third kappa shape index (κ3) is 2.45. The van der Waals surface area contributed by atoms with E-state index in [1.54, 1.807) is 12.3 Å². The minimum Gasteiger partial charge on any atom is -0.398 e. The Balaban J connectivity index is 2.54. The Morgan fingerprint density at radius 2 is 1.94 bits per heavy atom. The molecule has 0 aliphatic heterocycles. The van der Waals surface area contributed by atoms with Crippen LogP contribution in [0.5, 0.6) is 0 Å². The summed E-state index contributed by atoms with van der Waals surface area (Å²) in [5.74, 6) is 0. The van der Waals surface area contributed by atoms with Crippen LogP contribution >= 0.6 is 0 Å². The minimum absolute atomic E-state index is 0.217. The molecule has 0 saturated heterocycles. The number of aromatic nitrogens is 1. The van der Waals surface area contributed by atoms with Crippen molar-refractivity contribution in [2.75, 3.05) is 12.0 Å². The molecule has 5 heteroatoms. The number of hydrogen-bond donors (Lipinski definition) is 1. The Hall–Kier alpha value is -1.88. The van der Waals surface area contributed by atoms with Gasteiger partial charge >= 0.3 is 0 Å². The van der Waals surface area contributed by atoms with Gasteiger partial charge in [0.25, 0.3) is 0 Å². The molecular weight excluding hydrogens is 236 g/mol. The van der Waals surface area contributed by atoms with Crippen molar-refractivity contribution in [3.8, 4) is 11.3 Å². The fraction of sp³-hybridized carbons (Fsp3) is 0.0833. The second kappa shape index (κ2) is 4.18. The monoisotopic (exact) mass is 248 g/mol. The standard InChI is InChI=1S/C12H12N2O2S/c1-17(15,16)9-5-6-10(11(13)8-9)12-4-2-3-7-14-12/h2-8H,13H2,1H3. The summed E-state index contributed by atoms with van der Waals surface area (Å²) in [5, 5.41) is 0. The average molecular weight is 248 g/mol. The largest absolute Gasteiger partial charge is 0.398 e. The number of nitrogens with zero attached hydrogens (tertiary/aromatic N) is 1. The number of anilines is 1. The van der Waals surface area contributed by atoms with Crippen LogP contribution in [0.2, 0.25) is 0 Å². The van der Waals surface area contributed by atoms with Crippen LogP contribution in [-0.2, 0) is 9.84 Å². The molecule has 4 nitrogen and oxygen atoms in total. The predicted octanol–water partition coefficient (Wildman–Crippen LogP) is 1.73. The van der Waals surface area contributed by atoms with Gasteiger partial charge in [0.2, 0.25) is 0 Å². The highest BCUT2D eigenvalue weighted by Gasteiger charge is 2.10. The molecule has 0 aliphatic rings. The molecule has 17 heavy (non-hydrogen) atoms. The van der Waals surface area contributed by atoms with Crippen molar-refractivity contribution in [1.82, 2.24) is 4.98 Å². The zero-order chi connectivity index (χ0) is 12.5. The number of rotatable bonds is 2. The van der Waals surface area contributed by atoms with Crippen LogP contribution in [0.15, 0.2) is 47.5 Å². The average Bonchev–Trinajstić information content (AvgIpc) is 2.29. The van der Waals surface area contributed by atoms with Gasteiger partial charge in [0.05, 0.1) is 10.6 Å². The lowest BCUT2D eigenvalue weighted by molar-refractivity contribution is 0.602. The van der Waals surface area contributed by atoms with Crippen LogP contribution in [-0.4, -0.2) is 19.7 Å². The third-order valence-electron chi connectivity index (χ3n) is 2.39. The van der Waals surface area contributed by atoms with Crippen LogP contribution < -0.4 is 5.73 Å². The first-order valence-electron chi connectivity index (χ1n) is 4.99. The zero-order valence-corrected chi connectivity index (χ0v) is 10.1. The van der Waals surface area contributed by atoms with Crippen molar-refractivity contribution in [3.05, 3.63) is 42.6 Å². The van der Waals surface area contributed by atoms with Crippen molar-refractivity contribution in [1.29, 1.82) is 0 Å². The summed E-state index contributed by atoms with van der Waals surface area (Å²) in [6, 6.07) is 10.2. The van der Waals surface area contributed by atoms with Gasteiger partial charge in [-0.3, -0.25) is 4.98 Å². The van der Waals surface area contributed by atoms with Gasteiger partial charge in [-0.25, -0.2) is 8.42 Å². The summed E-state index contributed by atoms with van der Waals surface area (Å²) in [7, 11) is -3.22. The van der Waals surface area contributed by atoms with Gasteiger partial charge in [-0.05, 0) is 30.3 Å². The molecule has 1 aromatic carbocycles.